The van der Waals surface area contributed by atoms with Gasteiger partial charge in [0.05, 0.1) is 39.6 Å². The molecule has 0 radical (unpaired) electrons. The van der Waals surface area contributed by atoms with Crippen LogP contribution in [0.5, 0.6) is 34.5 Å². The maximum Gasteiger partial charge on any atom is 0.162 e. The van der Waals surface area contributed by atoms with E-state index in [9.17, 15) is 0 Å². The van der Waals surface area contributed by atoms with Gasteiger partial charge in [-0.15, -0.1) is 0 Å². The maximum atomic E-state index is 6.97. The van der Waals surface area contributed by atoms with Gasteiger partial charge in [-0.2, -0.15) is 0 Å². The van der Waals surface area contributed by atoms with Gasteiger partial charge in [0.1, 0.15) is 0 Å². The van der Waals surface area contributed by atoms with E-state index in [2.05, 4.69) is 134 Å². The molecule has 0 bridgehead atoms. The van der Waals surface area contributed by atoms with Crippen molar-refractivity contribution < 1.29 is 28.4 Å². The minimum absolute atomic E-state index is 0.393. The van der Waals surface area contributed by atoms with E-state index in [1.807, 2.05) is 0 Å². The fraction of sp³-hybridized carbons (Fsp3) is 0.765. The lowest BCUT2D eigenvalue weighted by Gasteiger charge is -2.18. The van der Waals surface area contributed by atoms with Crippen LogP contribution in [0.3, 0.4) is 0 Å². The second-order valence-electron chi connectivity index (χ2n) is 33.5. The summed E-state index contributed by atoms with van der Waals surface area (Å²) in [5, 5.41) is 0. The van der Waals surface area contributed by atoms with Gasteiger partial charge in [-0.05, 0) is 56.3 Å². The molecule has 1 aliphatic carbocycles. The summed E-state index contributed by atoms with van der Waals surface area (Å²) in [4.78, 5) is 0. The molecule has 0 aliphatic heterocycles. The number of benzene rings is 3. The zero-order valence-corrected chi connectivity index (χ0v) is 72.3. The molecule has 3 aromatic rings. The predicted octanol–water partition coefficient (Wildman–Crippen LogP) is 31.9. The molecule has 0 spiro atoms. The quantitative estimate of drug-likeness (QED) is 0.0324. The highest BCUT2D eigenvalue weighted by Gasteiger charge is 2.19. The predicted molar refractivity (Wildman–Crippen MR) is 469 cm³/mol. The Hall–Kier alpha value is -4.86. The van der Waals surface area contributed by atoms with E-state index in [1.165, 1.54) is 327 Å². The van der Waals surface area contributed by atoms with E-state index in [4.69, 9.17) is 28.4 Å². The SMILES string of the molecule is CCCCCCCCCCCCCOc1cc2c(cc1OC[C@@H](C)CCCCCCCCCC)C#Cc1cc(OCCCCCCCCCCCCC)c(OC[C@@H](C)CCCCCCCCCC)cc1C#Cc1cc(OCCCCCCCCCCCCC)c(OC[C@@H](C)CCCCCCCCCC)cc1C#C2. The van der Waals surface area contributed by atoms with Crippen molar-refractivity contribution in [1.29, 1.82) is 0 Å². The highest BCUT2D eigenvalue weighted by atomic mass is 16.5. The summed E-state index contributed by atoms with van der Waals surface area (Å²) >= 11 is 0. The monoisotopic (exact) mass is 1490 g/mol. The van der Waals surface area contributed by atoms with Gasteiger partial charge in [0.25, 0.3) is 0 Å². The van der Waals surface area contributed by atoms with E-state index < -0.39 is 0 Å². The largest absolute Gasteiger partial charge is 0.490 e. The normalized spacial score (nSPS) is 12.4. The van der Waals surface area contributed by atoms with Crippen molar-refractivity contribution in [2.24, 2.45) is 17.8 Å². The third-order valence-corrected chi connectivity index (χ3v) is 22.5. The van der Waals surface area contributed by atoms with Crippen LogP contribution in [0.1, 0.15) is 481 Å². The van der Waals surface area contributed by atoms with E-state index in [0.29, 0.717) is 57.4 Å². The van der Waals surface area contributed by atoms with Gasteiger partial charge in [-0.1, -0.05) is 445 Å². The molecule has 1 aliphatic rings. The Morgan fingerprint density at radius 3 is 0.491 bits per heavy atom. The minimum Gasteiger partial charge on any atom is -0.490 e. The minimum atomic E-state index is 0.393. The van der Waals surface area contributed by atoms with Crippen LogP contribution in [0.4, 0.5) is 0 Å². The summed E-state index contributed by atoms with van der Waals surface area (Å²) in [7, 11) is 0. The molecule has 0 saturated carbocycles. The van der Waals surface area contributed by atoms with Gasteiger partial charge < -0.3 is 28.4 Å². The third-order valence-electron chi connectivity index (χ3n) is 22.5. The summed E-state index contributed by atoms with van der Waals surface area (Å²) in [6.45, 7) is 24.5. The van der Waals surface area contributed by atoms with Crippen LogP contribution in [-0.4, -0.2) is 39.6 Å². The number of hydrogen-bond donors (Lipinski definition) is 0. The molecule has 0 saturated heterocycles. The van der Waals surface area contributed by atoms with Gasteiger partial charge in [0.15, 0.2) is 34.5 Å². The molecule has 108 heavy (non-hydrogen) atoms. The van der Waals surface area contributed by atoms with Crippen LogP contribution in [0.2, 0.25) is 0 Å². The van der Waals surface area contributed by atoms with E-state index in [-0.39, 0.29) is 0 Å². The fourth-order valence-electron chi connectivity index (χ4n) is 15.1. The van der Waals surface area contributed by atoms with Gasteiger partial charge in [0.2, 0.25) is 0 Å². The van der Waals surface area contributed by atoms with Crippen LogP contribution in [0.25, 0.3) is 0 Å². The van der Waals surface area contributed by atoms with Gasteiger partial charge in [0, 0.05) is 69.8 Å². The average Bonchev–Trinajstić information content (AvgIpc) is 0.795. The van der Waals surface area contributed by atoms with Crippen molar-refractivity contribution in [3.63, 3.8) is 0 Å². The maximum absolute atomic E-state index is 6.97. The summed E-state index contributed by atoms with van der Waals surface area (Å²) in [6, 6.07) is 12.7. The highest BCUT2D eigenvalue weighted by molar-refractivity contribution is 5.67. The van der Waals surface area contributed by atoms with Crippen LogP contribution in [0, 0.1) is 53.3 Å². The van der Waals surface area contributed by atoms with E-state index >= 15 is 0 Å². The lowest BCUT2D eigenvalue weighted by Crippen LogP contribution is -2.11. The average molecular weight is 1490 g/mol. The fourth-order valence-corrected chi connectivity index (χ4v) is 15.1. The van der Waals surface area contributed by atoms with Gasteiger partial charge >= 0.3 is 0 Å². The molecule has 6 nitrogen and oxygen atoms in total. The lowest BCUT2D eigenvalue weighted by atomic mass is 10.00. The van der Waals surface area contributed by atoms with Gasteiger partial charge in [-0.3, -0.25) is 0 Å². The molecule has 0 aromatic heterocycles. The van der Waals surface area contributed by atoms with Crippen molar-refractivity contribution in [3.8, 4) is 70.0 Å². The molecule has 3 atom stereocenters. The molecule has 0 N–H and O–H groups in total. The number of fused-ring (bicyclic) bond motifs is 3. The number of unbranched alkanes of at least 4 members (excludes halogenated alkanes) is 51. The summed E-state index contributed by atoms with van der Waals surface area (Å²) < 4.78 is 41.6. The molecule has 6 heteroatoms. The second kappa shape index (κ2) is 67.8. The third kappa shape index (κ3) is 48.1. The summed E-state index contributed by atoms with van der Waals surface area (Å²) in [5.41, 5.74) is 4.80. The van der Waals surface area contributed by atoms with Crippen molar-refractivity contribution in [1.82, 2.24) is 0 Å². The van der Waals surface area contributed by atoms with Gasteiger partial charge in [-0.25, -0.2) is 0 Å². The Balaban J connectivity index is 1.84. The van der Waals surface area contributed by atoms with E-state index in [0.717, 1.165) is 126 Å². The molecule has 612 valence electrons. The standard InChI is InChI=1S/C102H168O6/c1-10-16-22-28-34-40-43-46-52-58-64-76-103-97-79-91-70-73-95-83-101(107-86-89(8)68-62-56-50-38-32-26-20-14-5)99(105-78-66-60-54-48-45-42-36-30-24-18-12-3)81-93(95)72-75-96-84-102(108-87-90(9)69-63-57-51-39-33-27-21-15-6)98(104-77-65-59-53-47-44-41-35-29-23-17-11-2)80-92(96)71-74-94(91)82-100(97)106-85-88(7)67-61-55-49-37-31-25-19-13-4/h79-84,88-90H,10-69,76-78,85-87H2,1-9H3/t88-,89-,90-/m0/s1. The van der Waals surface area contributed by atoms with Crippen molar-refractivity contribution in [2.45, 2.75) is 448 Å². The lowest BCUT2D eigenvalue weighted by molar-refractivity contribution is 0.227. The Bertz CT molecular complexity index is 2530. The molecule has 0 fully saturated rings. The van der Waals surface area contributed by atoms with Crippen LogP contribution in [0.15, 0.2) is 36.4 Å². The van der Waals surface area contributed by atoms with Crippen molar-refractivity contribution >= 4 is 0 Å². The first kappa shape index (κ1) is 95.5. The van der Waals surface area contributed by atoms with Crippen molar-refractivity contribution in [2.75, 3.05) is 39.6 Å². The van der Waals surface area contributed by atoms with Crippen molar-refractivity contribution in [3.05, 3.63) is 69.8 Å². The molecule has 0 unspecified atom stereocenters. The highest BCUT2D eigenvalue weighted by Crippen LogP contribution is 2.37. The Labute approximate surface area is 669 Å². The molecular weight excluding hydrogens is 1320 g/mol. The Morgan fingerprint density at radius 1 is 0.185 bits per heavy atom. The first-order valence-electron chi connectivity index (χ1n) is 47.1. The smallest absolute Gasteiger partial charge is 0.162 e. The first-order valence-corrected chi connectivity index (χ1v) is 47.1. The molecule has 3 aromatic carbocycles. The number of hydrogen-bond acceptors (Lipinski definition) is 6. The number of ether oxygens (including phenoxy) is 6. The molecule has 0 heterocycles. The Morgan fingerprint density at radius 2 is 0.324 bits per heavy atom. The molecular formula is C102H168O6. The van der Waals surface area contributed by atoms with Crippen LogP contribution < -0.4 is 28.4 Å². The topological polar surface area (TPSA) is 55.4 Å². The van der Waals surface area contributed by atoms with E-state index in [1.54, 1.807) is 0 Å². The molecule has 4 rings (SSSR count). The summed E-state index contributed by atoms with van der Waals surface area (Å²) in [6.07, 6.45) is 77.5. The zero-order chi connectivity index (χ0) is 77.1. The summed E-state index contributed by atoms with van der Waals surface area (Å²) in [5.74, 6) is 27.8. The first-order chi connectivity index (χ1) is 53.2. The van der Waals surface area contributed by atoms with Crippen LogP contribution >= 0.6 is 0 Å². The number of rotatable bonds is 75. The van der Waals surface area contributed by atoms with Crippen LogP contribution in [-0.2, 0) is 0 Å². The zero-order valence-electron chi connectivity index (χ0n) is 72.3. The second-order valence-corrected chi connectivity index (χ2v) is 33.5. The Kier molecular flexibility index (Phi) is 60.0. The molecule has 0 amide bonds.